The number of hydrogen-bond donors (Lipinski definition) is 1. The van der Waals surface area contributed by atoms with Gasteiger partial charge in [-0.15, -0.1) is 0 Å². The number of aromatic nitrogens is 1. The molecule has 0 bridgehead atoms. The molecule has 0 saturated carbocycles. The molecule has 4 nitrogen and oxygen atoms in total. The lowest BCUT2D eigenvalue weighted by Crippen LogP contribution is -2.12. The monoisotopic (exact) mass is 275 g/mol. The highest BCUT2D eigenvalue weighted by Gasteiger charge is 2.04. The molecule has 0 unspecified atom stereocenters. The average Bonchev–Trinajstić information content (AvgIpc) is 2.46. The molecule has 0 saturated heterocycles. The quantitative estimate of drug-likeness (QED) is 0.852. The van der Waals surface area contributed by atoms with Crippen LogP contribution < -0.4 is 10.1 Å². The van der Waals surface area contributed by atoms with Crippen molar-refractivity contribution >= 4 is 5.82 Å². The van der Waals surface area contributed by atoms with E-state index >= 15 is 0 Å². The Hall–Kier alpha value is -2.68. The van der Waals surface area contributed by atoms with Gasteiger partial charge in [-0.25, -0.2) is 13.8 Å². The zero-order valence-corrected chi connectivity index (χ0v) is 10.4. The van der Waals surface area contributed by atoms with Gasteiger partial charge >= 0.3 is 0 Å². The molecule has 0 atom stereocenters. The summed E-state index contributed by atoms with van der Waals surface area (Å²) in [7, 11) is 0. The van der Waals surface area contributed by atoms with Crippen LogP contribution in [-0.4, -0.2) is 18.1 Å². The molecular weight excluding hydrogens is 264 g/mol. The summed E-state index contributed by atoms with van der Waals surface area (Å²) >= 11 is 0. The Morgan fingerprint density at radius 3 is 2.75 bits per heavy atom. The first-order chi connectivity index (χ1) is 9.69. The lowest BCUT2D eigenvalue weighted by molar-refractivity contribution is 0.314. The maximum absolute atomic E-state index is 13.3. The van der Waals surface area contributed by atoms with E-state index in [4.69, 9.17) is 10.00 Å². The van der Waals surface area contributed by atoms with Crippen molar-refractivity contribution in [2.24, 2.45) is 0 Å². The molecule has 0 radical (unpaired) electrons. The van der Waals surface area contributed by atoms with Crippen molar-refractivity contribution in [3.05, 3.63) is 53.7 Å². The van der Waals surface area contributed by atoms with Crippen LogP contribution in [-0.2, 0) is 0 Å². The van der Waals surface area contributed by atoms with E-state index in [0.29, 0.717) is 17.9 Å². The van der Waals surface area contributed by atoms with Crippen molar-refractivity contribution in [2.75, 3.05) is 18.5 Å². The third-order valence-corrected chi connectivity index (χ3v) is 2.45. The highest BCUT2D eigenvalue weighted by molar-refractivity contribution is 5.38. The average molecular weight is 275 g/mol. The Bertz CT molecular complexity index is 623. The number of anilines is 1. The summed E-state index contributed by atoms with van der Waals surface area (Å²) in [5, 5.41) is 11.6. The van der Waals surface area contributed by atoms with Crippen LogP contribution in [0.15, 0.2) is 36.5 Å². The second-order valence-corrected chi connectivity index (χ2v) is 3.89. The van der Waals surface area contributed by atoms with E-state index in [2.05, 4.69) is 10.3 Å². The van der Waals surface area contributed by atoms with Crippen molar-refractivity contribution in [3.8, 4) is 11.8 Å². The Morgan fingerprint density at radius 1 is 1.25 bits per heavy atom. The zero-order chi connectivity index (χ0) is 14.4. The highest BCUT2D eigenvalue weighted by Crippen LogP contribution is 2.17. The summed E-state index contributed by atoms with van der Waals surface area (Å²) in [5.41, 5.74) is 0.472. The van der Waals surface area contributed by atoms with Crippen LogP contribution in [0.3, 0.4) is 0 Å². The summed E-state index contributed by atoms with van der Waals surface area (Å²) in [6.45, 7) is 0.597. The number of hydrogen-bond acceptors (Lipinski definition) is 4. The van der Waals surface area contributed by atoms with Crippen LogP contribution in [0.2, 0.25) is 0 Å². The summed E-state index contributed by atoms with van der Waals surface area (Å²) in [6, 6.07) is 8.41. The van der Waals surface area contributed by atoms with Gasteiger partial charge in [0.05, 0.1) is 12.1 Å². The number of rotatable bonds is 5. The number of ether oxygens (including phenoxy) is 1. The first kappa shape index (κ1) is 13.7. The lowest BCUT2D eigenvalue weighted by Gasteiger charge is -2.08. The summed E-state index contributed by atoms with van der Waals surface area (Å²) in [5.74, 6) is -0.788. The largest absolute Gasteiger partial charge is 0.489 e. The standard InChI is InChI=1S/C14H11F2N3O/c15-11-2-3-13(12(16)7-11)20-6-5-18-14-4-1-10(8-17)9-19-14/h1-4,7,9H,5-6H2,(H,18,19). The van der Waals surface area contributed by atoms with Gasteiger partial charge in [0.1, 0.15) is 24.3 Å². The van der Waals surface area contributed by atoms with E-state index < -0.39 is 11.6 Å². The van der Waals surface area contributed by atoms with Crippen LogP contribution in [0.5, 0.6) is 5.75 Å². The molecule has 102 valence electrons. The van der Waals surface area contributed by atoms with Crippen LogP contribution >= 0.6 is 0 Å². The number of nitrogens with zero attached hydrogens (tertiary/aromatic N) is 2. The maximum Gasteiger partial charge on any atom is 0.167 e. The predicted molar refractivity (Wildman–Crippen MR) is 69.3 cm³/mol. The van der Waals surface area contributed by atoms with Gasteiger partial charge in [0.2, 0.25) is 0 Å². The molecule has 0 aliphatic heterocycles. The van der Waals surface area contributed by atoms with Gasteiger partial charge in [-0.05, 0) is 24.3 Å². The Balaban J connectivity index is 1.80. The van der Waals surface area contributed by atoms with Crippen molar-refractivity contribution in [2.45, 2.75) is 0 Å². The first-order valence-electron chi connectivity index (χ1n) is 5.87. The first-order valence-corrected chi connectivity index (χ1v) is 5.87. The number of benzene rings is 1. The molecular formula is C14H11F2N3O. The molecule has 0 fully saturated rings. The Kier molecular flexibility index (Phi) is 4.45. The van der Waals surface area contributed by atoms with Gasteiger partial charge in [-0.3, -0.25) is 0 Å². The molecule has 6 heteroatoms. The summed E-state index contributed by atoms with van der Waals surface area (Å²) in [6.07, 6.45) is 1.45. The van der Waals surface area contributed by atoms with Crippen LogP contribution in [0, 0.1) is 23.0 Å². The SMILES string of the molecule is N#Cc1ccc(NCCOc2ccc(F)cc2F)nc1. The third-order valence-electron chi connectivity index (χ3n) is 2.45. The number of halogens is 2. The molecule has 1 aromatic carbocycles. The Labute approximate surface area is 114 Å². The molecule has 2 aromatic rings. The predicted octanol–water partition coefficient (Wildman–Crippen LogP) is 2.72. The van der Waals surface area contributed by atoms with Crippen LogP contribution in [0.1, 0.15) is 5.56 Å². The minimum absolute atomic E-state index is 0.000914. The summed E-state index contributed by atoms with van der Waals surface area (Å²) in [4.78, 5) is 4.01. The second-order valence-electron chi connectivity index (χ2n) is 3.89. The molecule has 1 N–H and O–H groups in total. The number of nitriles is 1. The second kappa shape index (κ2) is 6.48. The van der Waals surface area contributed by atoms with E-state index in [1.54, 1.807) is 12.1 Å². The van der Waals surface area contributed by atoms with Gasteiger partial charge in [0.25, 0.3) is 0 Å². The van der Waals surface area contributed by atoms with Crippen molar-refractivity contribution < 1.29 is 13.5 Å². The molecule has 0 aliphatic rings. The van der Waals surface area contributed by atoms with Crippen molar-refractivity contribution in [1.82, 2.24) is 4.98 Å². The third kappa shape index (κ3) is 3.65. The molecule has 0 aliphatic carbocycles. The van der Waals surface area contributed by atoms with Crippen molar-refractivity contribution in [1.29, 1.82) is 5.26 Å². The smallest absolute Gasteiger partial charge is 0.167 e. The molecule has 0 amide bonds. The highest BCUT2D eigenvalue weighted by atomic mass is 19.1. The molecule has 1 aromatic heterocycles. The minimum Gasteiger partial charge on any atom is -0.489 e. The Morgan fingerprint density at radius 2 is 2.10 bits per heavy atom. The van der Waals surface area contributed by atoms with E-state index in [1.165, 1.54) is 12.3 Å². The fourth-order valence-electron chi connectivity index (χ4n) is 1.50. The fourth-order valence-corrected chi connectivity index (χ4v) is 1.50. The van der Waals surface area contributed by atoms with Gasteiger partial charge in [-0.1, -0.05) is 0 Å². The van der Waals surface area contributed by atoms with E-state index in [1.807, 2.05) is 6.07 Å². The van der Waals surface area contributed by atoms with Gasteiger partial charge in [0.15, 0.2) is 11.6 Å². The van der Waals surface area contributed by atoms with Gasteiger partial charge in [0, 0.05) is 12.3 Å². The molecule has 0 spiro atoms. The lowest BCUT2D eigenvalue weighted by atomic mass is 10.3. The van der Waals surface area contributed by atoms with Gasteiger partial charge < -0.3 is 10.1 Å². The van der Waals surface area contributed by atoms with E-state index in [-0.39, 0.29) is 12.4 Å². The topological polar surface area (TPSA) is 57.9 Å². The fraction of sp³-hybridized carbons (Fsp3) is 0.143. The zero-order valence-electron chi connectivity index (χ0n) is 10.4. The van der Waals surface area contributed by atoms with E-state index in [9.17, 15) is 8.78 Å². The van der Waals surface area contributed by atoms with Gasteiger partial charge in [-0.2, -0.15) is 5.26 Å². The number of pyridine rings is 1. The van der Waals surface area contributed by atoms with E-state index in [0.717, 1.165) is 12.1 Å². The molecule has 20 heavy (non-hydrogen) atoms. The number of nitrogens with one attached hydrogen (secondary N) is 1. The van der Waals surface area contributed by atoms with Crippen molar-refractivity contribution in [3.63, 3.8) is 0 Å². The normalized spacial score (nSPS) is 9.85. The minimum atomic E-state index is -0.735. The van der Waals surface area contributed by atoms with Crippen LogP contribution in [0.25, 0.3) is 0 Å². The summed E-state index contributed by atoms with van der Waals surface area (Å²) < 4.78 is 31.1. The molecule has 1 heterocycles. The van der Waals surface area contributed by atoms with Crippen LogP contribution in [0.4, 0.5) is 14.6 Å². The maximum atomic E-state index is 13.3. The molecule has 2 rings (SSSR count).